The number of nitrogens with zero attached hydrogens (tertiary/aromatic N) is 1. The average Bonchev–Trinajstić information content (AvgIpc) is 2.80. The Hall–Kier alpha value is -1.31. The maximum Gasteiger partial charge on any atom is 0.326 e. The smallest absolute Gasteiger partial charge is 0.326 e. The van der Waals surface area contributed by atoms with Gasteiger partial charge in [0, 0.05) is 15.4 Å². The molecule has 1 aromatic heterocycles. The van der Waals surface area contributed by atoms with Crippen LogP contribution in [0.4, 0.5) is 4.39 Å². The molecule has 2 aromatic rings. The lowest BCUT2D eigenvalue weighted by molar-refractivity contribution is -0.138. The third-order valence-corrected chi connectivity index (χ3v) is 3.65. The molecule has 0 amide bonds. The largest absolute Gasteiger partial charge is 0.480 e. The topological polar surface area (TPSA) is 76.2 Å². The number of thiazole rings is 1. The van der Waals surface area contributed by atoms with Crippen molar-refractivity contribution in [2.45, 2.75) is 6.04 Å². The van der Waals surface area contributed by atoms with Crippen LogP contribution < -0.4 is 5.73 Å². The molecule has 0 saturated carbocycles. The van der Waals surface area contributed by atoms with E-state index in [0.717, 1.165) is 15.8 Å². The molecule has 0 saturated heterocycles. The van der Waals surface area contributed by atoms with Gasteiger partial charge in [-0.1, -0.05) is 15.9 Å². The van der Waals surface area contributed by atoms with Crippen LogP contribution in [0.2, 0.25) is 0 Å². The van der Waals surface area contributed by atoms with Gasteiger partial charge in [-0.3, -0.25) is 4.79 Å². The van der Waals surface area contributed by atoms with Gasteiger partial charge in [0.25, 0.3) is 0 Å². The van der Waals surface area contributed by atoms with Crippen molar-refractivity contribution >= 4 is 33.2 Å². The second kappa shape index (κ2) is 5.13. The van der Waals surface area contributed by atoms with Crippen molar-refractivity contribution in [1.82, 2.24) is 4.98 Å². The first kappa shape index (κ1) is 13.1. The van der Waals surface area contributed by atoms with Crippen LogP contribution in [0, 0.1) is 5.82 Å². The molecule has 2 rings (SSSR count). The van der Waals surface area contributed by atoms with E-state index < -0.39 is 17.8 Å². The minimum Gasteiger partial charge on any atom is -0.480 e. The third-order valence-electron chi connectivity index (χ3n) is 2.27. The Labute approximate surface area is 114 Å². The Balaban J connectivity index is 2.41. The van der Waals surface area contributed by atoms with E-state index in [1.807, 2.05) is 0 Å². The van der Waals surface area contributed by atoms with Gasteiger partial charge in [-0.15, -0.1) is 11.3 Å². The molecule has 4 nitrogen and oxygen atoms in total. The van der Waals surface area contributed by atoms with Crippen LogP contribution in [0.1, 0.15) is 11.7 Å². The van der Waals surface area contributed by atoms with Gasteiger partial charge in [0.15, 0.2) is 0 Å². The van der Waals surface area contributed by atoms with E-state index in [4.69, 9.17) is 10.8 Å². The van der Waals surface area contributed by atoms with Crippen LogP contribution in [0.15, 0.2) is 28.1 Å². The molecule has 1 atom stereocenters. The van der Waals surface area contributed by atoms with Gasteiger partial charge in [-0.05, 0) is 18.2 Å². The third kappa shape index (κ3) is 2.58. The van der Waals surface area contributed by atoms with Gasteiger partial charge in [0.1, 0.15) is 16.9 Å². The predicted octanol–water partition coefficient (Wildman–Crippen LogP) is 2.80. The van der Waals surface area contributed by atoms with Crippen molar-refractivity contribution in [2.24, 2.45) is 5.73 Å². The standard InChI is InChI=1S/C11H8BrFN2O2S/c12-5-1-2-7(13)6(3-5)10-15-8(4-18-10)9(14)11(16)17/h1-4,9H,14H2,(H,16,17). The van der Waals surface area contributed by atoms with E-state index in [0.29, 0.717) is 10.6 Å². The number of rotatable bonds is 3. The number of hydrogen-bond donors (Lipinski definition) is 2. The van der Waals surface area contributed by atoms with Crippen molar-refractivity contribution in [3.05, 3.63) is 39.6 Å². The number of aliphatic carboxylic acids is 1. The molecule has 0 aliphatic heterocycles. The molecule has 0 aliphatic carbocycles. The number of benzene rings is 1. The zero-order valence-corrected chi connectivity index (χ0v) is 11.3. The minimum atomic E-state index is -1.19. The molecule has 0 bridgehead atoms. The summed E-state index contributed by atoms with van der Waals surface area (Å²) in [6, 6.07) is 3.29. The Bertz CT molecular complexity index is 602. The summed E-state index contributed by atoms with van der Waals surface area (Å²) in [5, 5.41) is 10.7. The highest BCUT2D eigenvalue weighted by molar-refractivity contribution is 9.10. The SMILES string of the molecule is NC(C(=O)O)c1csc(-c2cc(Br)ccc2F)n1. The van der Waals surface area contributed by atoms with E-state index >= 15 is 0 Å². The fourth-order valence-corrected chi connectivity index (χ4v) is 2.57. The van der Waals surface area contributed by atoms with Crippen LogP contribution in [0.3, 0.4) is 0 Å². The van der Waals surface area contributed by atoms with Gasteiger partial charge in [-0.2, -0.15) is 0 Å². The number of carboxylic acid groups (broad SMARTS) is 1. The molecule has 0 radical (unpaired) electrons. The minimum absolute atomic E-state index is 0.224. The van der Waals surface area contributed by atoms with E-state index in [-0.39, 0.29) is 5.69 Å². The van der Waals surface area contributed by atoms with Gasteiger partial charge < -0.3 is 10.8 Å². The second-order valence-corrected chi connectivity index (χ2v) is 5.29. The number of nitrogens with two attached hydrogens (primary N) is 1. The quantitative estimate of drug-likeness (QED) is 0.907. The number of carboxylic acids is 1. The first-order valence-corrected chi connectivity index (χ1v) is 6.55. The summed E-state index contributed by atoms with van der Waals surface area (Å²) in [5.41, 5.74) is 5.98. The molecule has 94 valence electrons. The molecular weight excluding hydrogens is 323 g/mol. The summed E-state index contributed by atoms with van der Waals surface area (Å²) in [6.07, 6.45) is 0. The van der Waals surface area contributed by atoms with Crippen molar-refractivity contribution < 1.29 is 14.3 Å². The first-order valence-electron chi connectivity index (χ1n) is 4.88. The van der Waals surface area contributed by atoms with E-state index in [2.05, 4.69) is 20.9 Å². The molecule has 0 spiro atoms. The average molecular weight is 331 g/mol. The Kier molecular flexibility index (Phi) is 3.74. The molecule has 0 aliphatic rings. The summed E-state index contributed by atoms with van der Waals surface area (Å²) in [4.78, 5) is 14.8. The van der Waals surface area contributed by atoms with Crippen LogP contribution >= 0.6 is 27.3 Å². The monoisotopic (exact) mass is 330 g/mol. The van der Waals surface area contributed by atoms with Crippen LogP contribution in [-0.4, -0.2) is 16.1 Å². The fourth-order valence-electron chi connectivity index (χ4n) is 1.34. The Morgan fingerprint density at radius 1 is 1.56 bits per heavy atom. The highest BCUT2D eigenvalue weighted by Gasteiger charge is 2.19. The molecule has 0 fully saturated rings. The Morgan fingerprint density at radius 3 is 2.94 bits per heavy atom. The normalized spacial score (nSPS) is 12.4. The summed E-state index contributed by atoms with van der Waals surface area (Å²) in [7, 11) is 0. The molecule has 7 heteroatoms. The fraction of sp³-hybridized carbons (Fsp3) is 0.0909. The summed E-state index contributed by atoms with van der Waals surface area (Å²) >= 11 is 4.40. The van der Waals surface area contributed by atoms with Crippen molar-refractivity contribution in [2.75, 3.05) is 0 Å². The molecule has 3 N–H and O–H groups in total. The lowest BCUT2D eigenvalue weighted by atomic mass is 10.2. The van der Waals surface area contributed by atoms with E-state index in [1.165, 1.54) is 11.4 Å². The van der Waals surface area contributed by atoms with Crippen LogP contribution in [-0.2, 0) is 4.79 Å². The maximum atomic E-state index is 13.6. The summed E-state index contributed by atoms with van der Waals surface area (Å²) in [6.45, 7) is 0. The zero-order valence-electron chi connectivity index (χ0n) is 8.93. The molecule has 1 unspecified atom stereocenters. The number of hydrogen-bond acceptors (Lipinski definition) is 4. The molecule has 1 heterocycles. The molecular formula is C11H8BrFN2O2S. The van der Waals surface area contributed by atoms with Gasteiger partial charge in [0.05, 0.1) is 5.69 Å². The molecule has 18 heavy (non-hydrogen) atoms. The first-order chi connectivity index (χ1) is 8.49. The predicted molar refractivity (Wildman–Crippen MR) is 69.8 cm³/mol. The molecule has 1 aromatic carbocycles. The zero-order chi connectivity index (χ0) is 13.3. The highest BCUT2D eigenvalue weighted by Crippen LogP contribution is 2.30. The van der Waals surface area contributed by atoms with Gasteiger partial charge >= 0.3 is 5.97 Å². The number of aromatic nitrogens is 1. The van der Waals surface area contributed by atoms with Crippen LogP contribution in [0.25, 0.3) is 10.6 Å². The Morgan fingerprint density at radius 2 is 2.28 bits per heavy atom. The number of carbonyl (C=O) groups is 1. The lowest BCUT2D eigenvalue weighted by Crippen LogP contribution is -2.20. The number of halogens is 2. The maximum absolute atomic E-state index is 13.6. The van der Waals surface area contributed by atoms with E-state index in [9.17, 15) is 9.18 Å². The summed E-state index contributed by atoms with van der Waals surface area (Å²) in [5.74, 6) is -1.58. The van der Waals surface area contributed by atoms with Crippen molar-refractivity contribution in [3.8, 4) is 10.6 Å². The van der Waals surface area contributed by atoms with Crippen molar-refractivity contribution in [1.29, 1.82) is 0 Å². The summed E-state index contributed by atoms with van der Waals surface area (Å²) < 4.78 is 14.3. The van der Waals surface area contributed by atoms with Gasteiger partial charge in [0.2, 0.25) is 0 Å². The van der Waals surface area contributed by atoms with E-state index in [1.54, 1.807) is 12.1 Å². The second-order valence-electron chi connectivity index (χ2n) is 3.52. The highest BCUT2D eigenvalue weighted by atomic mass is 79.9. The van der Waals surface area contributed by atoms with Gasteiger partial charge in [-0.25, -0.2) is 9.37 Å². The van der Waals surface area contributed by atoms with Crippen LogP contribution in [0.5, 0.6) is 0 Å². The van der Waals surface area contributed by atoms with Crippen molar-refractivity contribution in [3.63, 3.8) is 0 Å². The lowest BCUT2D eigenvalue weighted by Gasteiger charge is -2.02.